The highest BCUT2D eigenvalue weighted by Crippen LogP contribution is 2.58. The zero-order chi connectivity index (χ0) is 38.3. The number of carbonyl (C=O) groups excluding carboxylic acids is 2. The second-order valence-corrected chi connectivity index (χ2v) is 19.9. The second kappa shape index (κ2) is 15.0. The number of fused-ring (bicyclic) bond motifs is 3. The van der Waals surface area contributed by atoms with Crippen LogP contribution in [0.4, 0.5) is 10.6 Å². The van der Waals surface area contributed by atoms with Crippen molar-refractivity contribution in [3.8, 4) is 16.9 Å². The topological polar surface area (TPSA) is 133 Å². The number of hydrogen-bond donors (Lipinski definition) is 1. The maximum absolute atomic E-state index is 14.7. The molecule has 1 aliphatic heterocycles. The predicted octanol–water partition coefficient (Wildman–Crippen LogP) is 7.50. The van der Waals surface area contributed by atoms with E-state index in [1.807, 2.05) is 27.9 Å². The van der Waals surface area contributed by atoms with Crippen LogP contribution in [0.5, 0.6) is 5.75 Å². The highest BCUT2D eigenvalue weighted by Gasteiger charge is 2.51. The maximum atomic E-state index is 14.7. The number of benzene rings is 1. The van der Waals surface area contributed by atoms with Gasteiger partial charge in [-0.2, -0.15) is 5.10 Å². The molecule has 4 aliphatic carbocycles. The largest absolute Gasteiger partial charge is 0.496 e. The summed E-state index contributed by atoms with van der Waals surface area (Å²) in [7, 11) is -1.29. The Morgan fingerprint density at radius 3 is 2.24 bits per heavy atom. The Balaban J connectivity index is 1.06. The quantitative estimate of drug-likeness (QED) is 0.237. The maximum Gasteiger partial charge on any atom is 0.407 e. The fourth-order valence-electron chi connectivity index (χ4n) is 9.37. The number of sulfone groups is 1. The number of aromatic nitrogens is 3. The molecule has 2 aromatic heterocycles. The van der Waals surface area contributed by atoms with Crippen LogP contribution >= 0.6 is 0 Å². The lowest BCUT2D eigenvalue weighted by Gasteiger charge is -2.55. The Bertz CT molecular complexity index is 1920. The minimum Gasteiger partial charge on any atom is -0.496 e. The molecule has 3 aromatic rings. The number of ether oxygens (including phenoxy) is 2. The van der Waals surface area contributed by atoms with Crippen LogP contribution in [0.1, 0.15) is 109 Å². The van der Waals surface area contributed by atoms with Crippen LogP contribution in [0.15, 0.2) is 48.9 Å². The van der Waals surface area contributed by atoms with Crippen LogP contribution in [0.25, 0.3) is 11.1 Å². The lowest BCUT2D eigenvalue weighted by Crippen LogP contribution is -2.52. The number of methoxy groups -OCH3 is 1. The number of carbonyl (C=O) groups is 2. The molecule has 4 saturated carbocycles. The summed E-state index contributed by atoms with van der Waals surface area (Å²) in [5, 5.41) is 7.49. The molecule has 1 N–H and O–H groups in total. The first-order chi connectivity index (χ1) is 25.7. The summed E-state index contributed by atoms with van der Waals surface area (Å²) in [6.07, 6.45) is 14.7. The Morgan fingerprint density at radius 1 is 0.944 bits per heavy atom. The first kappa shape index (κ1) is 38.3. The molecule has 0 spiro atoms. The molecule has 11 nitrogen and oxygen atoms in total. The van der Waals surface area contributed by atoms with Crippen LogP contribution in [0.2, 0.25) is 0 Å². The molecule has 2 amide bonds. The summed E-state index contributed by atoms with van der Waals surface area (Å²) in [5.74, 6) is 1.67. The van der Waals surface area contributed by atoms with Crippen molar-refractivity contribution in [2.24, 2.45) is 11.3 Å². The van der Waals surface area contributed by atoms with Gasteiger partial charge >= 0.3 is 6.09 Å². The smallest absolute Gasteiger partial charge is 0.407 e. The Labute approximate surface area is 320 Å². The van der Waals surface area contributed by atoms with Crippen molar-refractivity contribution < 1.29 is 27.5 Å². The molecule has 1 saturated heterocycles. The average molecular weight is 760 g/mol. The number of alkyl carbamates (subject to hydrolysis) is 1. The van der Waals surface area contributed by atoms with Gasteiger partial charge in [-0.05, 0) is 150 Å². The van der Waals surface area contributed by atoms with Gasteiger partial charge in [0.1, 0.15) is 27.5 Å². The first-order valence-electron chi connectivity index (χ1n) is 19.8. The van der Waals surface area contributed by atoms with Gasteiger partial charge in [-0.25, -0.2) is 18.2 Å². The van der Waals surface area contributed by atoms with E-state index in [1.54, 1.807) is 13.3 Å². The molecule has 292 valence electrons. The minimum absolute atomic E-state index is 0.0184. The Morgan fingerprint density at radius 2 is 1.63 bits per heavy atom. The normalized spacial score (nSPS) is 26.9. The van der Waals surface area contributed by atoms with Crippen molar-refractivity contribution in [2.75, 3.05) is 30.1 Å². The molecule has 8 rings (SSSR count). The third kappa shape index (κ3) is 8.19. The fourth-order valence-corrected chi connectivity index (χ4v) is 10.9. The number of hydrogen-bond acceptors (Lipinski definition) is 8. The SMILES string of the molecule is COc1ccc(C23CCC(CN(C(=O)C4CCC(OC(=O)NC5CCS(=O)(=O)CC5)CC4)c4cc(-c5cnn(C(C)(C)C)c5)ccn4)(CC2)CC3)cc1C. The van der Waals surface area contributed by atoms with Gasteiger partial charge in [0.15, 0.2) is 0 Å². The van der Waals surface area contributed by atoms with E-state index in [0.717, 1.165) is 55.4 Å². The number of nitrogens with zero attached hydrogens (tertiary/aromatic N) is 4. The first-order valence-corrected chi connectivity index (χ1v) is 21.6. The molecule has 2 bridgehead atoms. The average Bonchev–Trinajstić information content (AvgIpc) is 3.68. The summed E-state index contributed by atoms with van der Waals surface area (Å²) in [6, 6.07) is 10.5. The number of pyridine rings is 1. The lowest BCUT2D eigenvalue weighted by molar-refractivity contribution is -0.124. The molecular formula is C42H57N5O6S. The third-order valence-corrected chi connectivity index (χ3v) is 14.7. The second-order valence-electron chi connectivity index (χ2n) is 17.6. The zero-order valence-corrected chi connectivity index (χ0v) is 33.4. The van der Waals surface area contributed by atoms with E-state index in [4.69, 9.17) is 14.5 Å². The molecule has 12 heteroatoms. The number of aryl methyl sites for hydroxylation is 1. The standard InChI is InChI=1S/C42H57N5O6S/c1-29-24-33(8-11-36(29)52-5)42-18-15-41(16-19-42,17-20-42)28-46(37-25-31(12-21-43-37)32-26-44-47(27-32)40(2,3)4)38(48)30-6-9-35(10-7-30)53-39(49)45-34-13-22-54(50,51)23-14-34/h8,11-12,21,24-27,30,34-35H,6-7,9-10,13-20,22-23,28H2,1-5H3,(H,45,49). The van der Waals surface area contributed by atoms with Gasteiger partial charge < -0.3 is 14.8 Å². The van der Waals surface area contributed by atoms with Crippen molar-refractivity contribution in [2.45, 2.75) is 128 Å². The van der Waals surface area contributed by atoms with E-state index in [2.05, 4.69) is 62.5 Å². The van der Waals surface area contributed by atoms with Crippen molar-refractivity contribution in [3.63, 3.8) is 0 Å². The van der Waals surface area contributed by atoms with Crippen LogP contribution in [-0.4, -0.2) is 72.5 Å². The summed E-state index contributed by atoms with van der Waals surface area (Å²) in [5.41, 5.74) is 4.57. The van der Waals surface area contributed by atoms with Crippen LogP contribution in [-0.2, 0) is 30.3 Å². The molecular weight excluding hydrogens is 703 g/mol. The highest BCUT2D eigenvalue weighted by atomic mass is 32.2. The van der Waals surface area contributed by atoms with Crippen molar-refractivity contribution >= 4 is 27.7 Å². The summed E-state index contributed by atoms with van der Waals surface area (Å²) < 4.78 is 36.9. The van der Waals surface area contributed by atoms with E-state index < -0.39 is 15.9 Å². The molecule has 5 aliphatic rings. The van der Waals surface area contributed by atoms with E-state index in [1.165, 1.54) is 11.1 Å². The Kier molecular flexibility index (Phi) is 10.6. The molecule has 5 fully saturated rings. The number of nitrogens with one attached hydrogen (secondary N) is 1. The van der Waals surface area contributed by atoms with Gasteiger partial charge in [-0.15, -0.1) is 0 Å². The summed E-state index contributed by atoms with van der Waals surface area (Å²) in [6.45, 7) is 9.13. The predicted molar refractivity (Wildman–Crippen MR) is 209 cm³/mol. The van der Waals surface area contributed by atoms with Crippen molar-refractivity contribution in [3.05, 3.63) is 60.0 Å². The van der Waals surface area contributed by atoms with Gasteiger partial charge in [0.05, 0.1) is 30.4 Å². The molecule has 1 aromatic carbocycles. The highest BCUT2D eigenvalue weighted by molar-refractivity contribution is 7.91. The number of amides is 2. The van der Waals surface area contributed by atoms with E-state index >= 15 is 0 Å². The number of rotatable bonds is 9. The van der Waals surface area contributed by atoms with Crippen LogP contribution in [0, 0.1) is 18.3 Å². The van der Waals surface area contributed by atoms with E-state index in [9.17, 15) is 18.0 Å². The molecule has 0 unspecified atom stereocenters. The van der Waals surface area contributed by atoms with Gasteiger partial charge in [-0.1, -0.05) is 12.1 Å². The van der Waals surface area contributed by atoms with Crippen molar-refractivity contribution in [1.29, 1.82) is 0 Å². The Hall–Kier alpha value is -3.93. The van der Waals surface area contributed by atoms with Crippen molar-refractivity contribution in [1.82, 2.24) is 20.1 Å². The van der Waals surface area contributed by atoms with Crippen LogP contribution < -0.4 is 15.0 Å². The van der Waals surface area contributed by atoms with E-state index in [0.29, 0.717) is 50.9 Å². The molecule has 54 heavy (non-hydrogen) atoms. The zero-order valence-electron chi connectivity index (χ0n) is 32.6. The fraction of sp³-hybridized carbons (Fsp3) is 0.619. The lowest BCUT2D eigenvalue weighted by atomic mass is 9.51. The third-order valence-electron chi connectivity index (χ3n) is 13.0. The summed E-state index contributed by atoms with van der Waals surface area (Å²) >= 11 is 0. The van der Waals surface area contributed by atoms with Crippen LogP contribution in [0.3, 0.4) is 0 Å². The van der Waals surface area contributed by atoms with Gasteiger partial charge in [0, 0.05) is 36.5 Å². The van der Waals surface area contributed by atoms with Gasteiger partial charge in [0.25, 0.3) is 0 Å². The minimum atomic E-state index is -3.01. The molecule has 0 radical (unpaired) electrons. The molecule has 3 heterocycles. The molecule has 0 atom stereocenters. The van der Waals surface area contributed by atoms with E-state index in [-0.39, 0.29) is 51.8 Å². The summed E-state index contributed by atoms with van der Waals surface area (Å²) in [4.78, 5) is 34.3. The van der Waals surface area contributed by atoms with Gasteiger partial charge in [-0.3, -0.25) is 14.4 Å². The number of anilines is 1. The van der Waals surface area contributed by atoms with Gasteiger partial charge in [0.2, 0.25) is 5.91 Å². The monoisotopic (exact) mass is 759 g/mol.